The zero-order valence-corrected chi connectivity index (χ0v) is 17.1. The molecule has 0 fully saturated rings. The van der Waals surface area contributed by atoms with E-state index in [0.717, 1.165) is 0 Å². The van der Waals surface area contributed by atoms with Crippen molar-refractivity contribution >= 4 is 0 Å². The summed E-state index contributed by atoms with van der Waals surface area (Å²) in [5.74, 6) is 0. The predicted molar refractivity (Wildman–Crippen MR) is 0 cm³/mol. The summed E-state index contributed by atoms with van der Waals surface area (Å²) in [6, 6.07) is 0. The Morgan fingerprint density at radius 2 is 0.333 bits per heavy atom. The molecule has 0 amide bonds. The average molecular weight is 1110 g/mol. The van der Waals surface area contributed by atoms with Crippen molar-refractivity contribution in [3.63, 3.8) is 0 Å². The Morgan fingerprint density at radius 3 is 0.333 bits per heavy atom. The molecule has 0 saturated carbocycles. The molecule has 0 bridgehead atoms. The molecule has 0 unspecified atom stereocenters. The molecule has 6 heavy (non-hydrogen) atoms. The Labute approximate surface area is 137 Å². The third-order valence-electron chi connectivity index (χ3n) is 0. The van der Waals surface area contributed by atoms with Gasteiger partial charge in [0.05, 0.1) is 0 Å². The van der Waals surface area contributed by atoms with Crippen molar-refractivity contribution < 1.29 is 141 Å². The van der Waals surface area contributed by atoms with E-state index in [-0.39, 0.29) is 141 Å². The fraction of sp³-hybridized carbons (Fsp3) is 0. The standard InChI is InChI=1S/La.5Pt. The van der Waals surface area contributed by atoms with Crippen molar-refractivity contribution in [1.82, 2.24) is 0 Å². The van der Waals surface area contributed by atoms with Gasteiger partial charge < -0.3 is 0 Å². The predicted octanol–water partition coefficient (Wildman–Crippen LogP) is -0.0125. The van der Waals surface area contributed by atoms with E-state index < -0.39 is 0 Å². The molecule has 1 radical (unpaired) electrons. The molecule has 0 aromatic heterocycles. The first-order valence-electron chi connectivity index (χ1n) is 0. The molecule has 0 aliphatic heterocycles. The monoisotopic (exact) mass is 1110 g/mol. The summed E-state index contributed by atoms with van der Waals surface area (Å²) < 4.78 is 0. The maximum Gasteiger partial charge on any atom is 0 e. The minimum absolute atomic E-state index is 0. The van der Waals surface area contributed by atoms with E-state index in [1.165, 1.54) is 0 Å². The van der Waals surface area contributed by atoms with Crippen LogP contribution in [0.15, 0.2) is 0 Å². The van der Waals surface area contributed by atoms with Gasteiger partial charge in [-0.05, 0) is 0 Å². The van der Waals surface area contributed by atoms with Crippen LogP contribution in [-0.2, 0) is 105 Å². The van der Waals surface area contributed by atoms with Crippen molar-refractivity contribution in [2.75, 3.05) is 0 Å². The van der Waals surface area contributed by atoms with E-state index in [4.69, 9.17) is 0 Å². The molecule has 0 atom stereocenters. The minimum atomic E-state index is 0. The zero-order chi connectivity index (χ0) is 0. The Hall–Kier alpha value is 4.64. The van der Waals surface area contributed by atoms with Gasteiger partial charge in [-0.3, -0.25) is 0 Å². The quantitative estimate of drug-likeness (QED) is 0.321. The van der Waals surface area contributed by atoms with Gasteiger partial charge in [-0.25, -0.2) is 0 Å². The second kappa shape index (κ2) is 33.4. The molecular formula is LaPt5. The number of hydrogen-bond donors (Lipinski definition) is 0. The van der Waals surface area contributed by atoms with Gasteiger partial charge in [0, 0.05) is 141 Å². The fourth-order valence-electron chi connectivity index (χ4n) is 0. The van der Waals surface area contributed by atoms with Crippen LogP contribution in [0.1, 0.15) is 0 Å². The summed E-state index contributed by atoms with van der Waals surface area (Å²) in [5, 5.41) is 0. The number of rotatable bonds is 0. The van der Waals surface area contributed by atoms with Crippen molar-refractivity contribution in [3.05, 3.63) is 0 Å². The molecule has 0 aliphatic rings. The summed E-state index contributed by atoms with van der Waals surface area (Å²) >= 11 is 0. The van der Waals surface area contributed by atoms with E-state index in [0.29, 0.717) is 0 Å². The van der Waals surface area contributed by atoms with Gasteiger partial charge in [0.2, 0.25) is 0 Å². The molecule has 6 heteroatoms. The summed E-state index contributed by atoms with van der Waals surface area (Å²) in [4.78, 5) is 0. The number of hydrogen-bond acceptors (Lipinski definition) is 0. The maximum absolute atomic E-state index is 0. The molecular weight excluding hydrogens is 1110 g/mol. The van der Waals surface area contributed by atoms with E-state index in [1.54, 1.807) is 0 Å². The minimum Gasteiger partial charge on any atom is 0 e. The fourth-order valence-corrected chi connectivity index (χ4v) is 0. The van der Waals surface area contributed by atoms with Crippen LogP contribution < -0.4 is 0 Å². The van der Waals surface area contributed by atoms with Crippen LogP contribution in [0.4, 0.5) is 0 Å². The van der Waals surface area contributed by atoms with Crippen molar-refractivity contribution in [2.24, 2.45) is 0 Å². The molecule has 0 nitrogen and oxygen atoms in total. The van der Waals surface area contributed by atoms with Crippen molar-refractivity contribution in [1.29, 1.82) is 0 Å². The van der Waals surface area contributed by atoms with Gasteiger partial charge in [-0.2, -0.15) is 0 Å². The maximum atomic E-state index is 0. The SMILES string of the molecule is [La].[Pt].[Pt].[Pt].[Pt].[Pt]. The zero-order valence-electron chi connectivity index (χ0n) is 2.16. The Bertz CT molecular complexity index is 3.90. The van der Waals surface area contributed by atoms with Gasteiger partial charge in [0.15, 0.2) is 0 Å². The Morgan fingerprint density at radius 1 is 0.333 bits per heavy atom. The molecule has 53 valence electrons. The average Bonchev–Trinajstić information content (AvgIpc) is 0. The van der Waals surface area contributed by atoms with Gasteiger partial charge in [0.1, 0.15) is 0 Å². The van der Waals surface area contributed by atoms with Crippen molar-refractivity contribution in [2.45, 2.75) is 0 Å². The molecule has 0 aliphatic carbocycles. The summed E-state index contributed by atoms with van der Waals surface area (Å²) in [7, 11) is 0. The van der Waals surface area contributed by atoms with E-state index in [2.05, 4.69) is 0 Å². The second-order valence-corrected chi connectivity index (χ2v) is 0. The summed E-state index contributed by atoms with van der Waals surface area (Å²) in [5.41, 5.74) is 0. The molecule has 0 aromatic rings. The molecule has 0 spiro atoms. The van der Waals surface area contributed by atoms with Crippen LogP contribution >= 0.6 is 0 Å². The molecule has 0 rings (SSSR count). The normalized spacial score (nSPS) is 0. The van der Waals surface area contributed by atoms with Gasteiger partial charge in [-0.15, -0.1) is 0 Å². The molecule has 0 aromatic carbocycles. The third-order valence-corrected chi connectivity index (χ3v) is 0. The topological polar surface area (TPSA) is 0 Å². The van der Waals surface area contributed by atoms with Crippen LogP contribution in [0.3, 0.4) is 0 Å². The summed E-state index contributed by atoms with van der Waals surface area (Å²) in [6.07, 6.45) is 0. The Balaban J connectivity index is 0. The smallest absolute Gasteiger partial charge is 0 e. The first kappa shape index (κ1) is 45.9. The van der Waals surface area contributed by atoms with Crippen LogP contribution in [0.25, 0.3) is 0 Å². The van der Waals surface area contributed by atoms with Crippen LogP contribution in [0.2, 0.25) is 0 Å². The summed E-state index contributed by atoms with van der Waals surface area (Å²) in [6.45, 7) is 0. The largest absolute Gasteiger partial charge is 0 e. The van der Waals surface area contributed by atoms with Crippen molar-refractivity contribution in [3.8, 4) is 0 Å². The van der Waals surface area contributed by atoms with Gasteiger partial charge in [0.25, 0.3) is 0 Å². The first-order valence-corrected chi connectivity index (χ1v) is 0. The Kier molecular flexibility index (Phi) is 256. The van der Waals surface area contributed by atoms with E-state index in [9.17, 15) is 0 Å². The molecule has 0 N–H and O–H groups in total. The second-order valence-electron chi connectivity index (χ2n) is 0. The van der Waals surface area contributed by atoms with E-state index >= 15 is 0 Å². The van der Waals surface area contributed by atoms with Crippen LogP contribution in [0.5, 0.6) is 0 Å². The van der Waals surface area contributed by atoms with Gasteiger partial charge in [-0.1, -0.05) is 0 Å². The van der Waals surface area contributed by atoms with Crippen LogP contribution in [-0.4, -0.2) is 0 Å². The first-order chi connectivity index (χ1) is 0. The molecule has 0 saturated heterocycles. The molecule has 0 heterocycles. The van der Waals surface area contributed by atoms with Crippen LogP contribution in [0, 0.1) is 35.6 Å². The van der Waals surface area contributed by atoms with Gasteiger partial charge >= 0.3 is 0 Å². The van der Waals surface area contributed by atoms with E-state index in [1.807, 2.05) is 0 Å². The third kappa shape index (κ3) is 23.4.